The summed E-state index contributed by atoms with van der Waals surface area (Å²) in [6, 6.07) is 0.682. The van der Waals surface area contributed by atoms with Gasteiger partial charge >= 0.3 is 0 Å². The molecule has 1 heterocycles. The first-order valence-electron chi connectivity index (χ1n) is 5.09. The molecule has 1 N–H and O–H groups in total. The molecule has 0 saturated heterocycles. The van der Waals surface area contributed by atoms with Gasteiger partial charge in [0.2, 0.25) is 5.95 Å². The summed E-state index contributed by atoms with van der Waals surface area (Å²) in [4.78, 5) is 4.44. The van der Waals surface area contributed by atoms with Crippen LogP contribution in [0.25, 0.3) is 0 Å². The van der Waals surface area contributed by atoms with E-state index in [9.17, 15) is 0 Å². The quantitative estimate of drug-likeness (QED) is 0.725. The third-order valence-electron chi connectivity index (χ3n) is 2.38. The van der Waals surface area contributed by atoms with E-state index in [1.807, 2.05) is 6.92 Å². The highest BCUT2D eigenvalue weighted by Crippen LogP contribution is 2.37. The summed E-state index contributed by atoms with van der Waals surface area (Å²) in [5, 5.41) is 3.28. The number of rotatable bonds is 5. The molecule has 1 saturated carbocycles. The molecular weight excluding hydrogens is 178 g/mol. The van der Waals surface area contributed by atoms with Gasteiger partial charge in [-0.05, 0) is 19.8 Å². The molecule has 4 nitrogen and oxygen atoms in total. The first kappa shape index (κ1) is 9.52. The van der Waals surface area contributed by atoms with Gasteiger partial charge in [-0.2, -0.15) is 0 Å². The van der Waals surface area contributed by atoms with Crippen molar-refractivity contribution in [3.8, 4) is 0 Å². The van der Waals surface area contributed by atoms with Gasteiger partial charge in [0.1, 0.15) is 0 Å². The maximum Gasteiger partial charge on any atom is 0.203 e. The molecule has 0 bridgehead atoms. The number of nitrogens with one attached hydrogen (secondary N) is 1. The molecule has 0 radical (unpaired) electrons. The van der Waals surface area contributed by atoms with E-state index in [0.29, 0.717) is 6.04 Å². The van der Waals surface area contributed by atoms with Crippen molar-refractivity contribution in [2.24, 2.45) is 0 Å². The number of hydrogen-bond acceptors (Lipinski definition) is 3. The van der Waals surface area contributed by atoms with E-state index in [2.05, 4.69) is 21.1 Å². The first-order valence-corrected chi connectivity index (χ1v) is 5.09. The minimum Gasteiger partial charge on any atom is -0.383 e. The third kappa shape index (κ3) is 2.07. The molecule has 2 rings (SSSR count). The SMILES string of the molecule is COCCNc1nc(C)cn1C1CC1. The van der Waals surface area contributed by atoms with Gasteiger partial charge in [-0.3, -0.25) is 0 Å². The minimum absolute atomic E-state index is 0.682. The molecular formula is C10H17N3O. The highest BCUT2D eigenvalue weighted by molar-refractivity contribution is 5.30. The second-order valence-electron chi connectivity index (χ2n) is 3.76. The molecule has 1 aromatic heterocycles. The van der Waals surface area contributed by atoms with E-state index >= 15 is 0 Å². The molecule has 0 aliphatic heterocycles. The van der Waals surface area contributed by atoms with Gasteiger partial charge in [-0.1, -0.05) is 0 Å². The molecule has 0 spiro atoms. The summed E-state index contributed by atoms with van der Waals surface area (Å²) in [5.74, 6) is 0.988. The zero-order valence-electron chi connectivity index (χ0n) is 8.79. The minimum atomic E-state index is 0.682. The summed E-state index contributed by atoms with van der Waals surface area (Å²) < 4.78 is 7.23. The van der Waals surface area contributed by atoms with Crippen LogP contribution in [-0.2, 0) is 4.74 Å². The third-order valence-corrected chi connectivity index (χ3v) is 2.38. The molecule has 0 amide bonds. The standard InChI is InChI=1S/C10H17N3O/c1-8-7-13(9-3-4-9)10(12-8)11-5-6-14-2/h7,9H,3-6H2,1-2H3,(H,11,12). The summed E-state index contributed by atoms with van der Waals surface area (Å²) in [5.41, 5.74) is 1.08. The lowest BCUT2D eigenvalue weighted by Crippen LogP contribution is -2.11. The maximum absolute atomic E-state index is 4.99. The molecule has 1 aromatic rings. The fourth-order valence-electron chi connectivity index (χ4n) is 1.54. The fourth-order valence-corrected chi connectivity index (χ4v) is 1.54. The van der Waals surface area contributed by atoms with Crippen LogP contribution in [0.4, 0.5) is 5.95 Å². The zero-order chi connectivity index (χ0) is 9.97. The Labute approximate surface area is 84.3 Å². The Balaban J connectivity index is 1.99. The zero-order valence-corrected chi connectivity index (χ0v) is 8.79. The second-order valence-corrected chi connectivity index (χ2v) is 3.76. The maximum atomic E-state index is 4.99. The Morgan fingerprint density at radius 1 is 1.64 bits per heavy atom. The van der Waals surface area contributed by atoms with Gasteiger partial charge in [0.15, 0.2) is 0 Å². The number of imidazole rings is 1. The van der Waals surface area contributed by atoms with E-state index in [-0.39, 0.29) is 0 Å². The van der Waals surface area contributed by atoms with Crippen LogP contribution in [0.2, 0.25) is 0 Å². The van der Waals surface area contributed by atoms with Crippen LogP contribution in [0.5, 0.6) is 0 Å². The highest BCUT2D eigenvalue weighted by atomic mass is 16.5. The molecule has 4 heteroatoms. The number of aromatic nitrogens is 2. The smallest absolute Gasteiger partial charge is 0.203 e. The fraction of sp³-hybridized carbons (Fsp3) is 0.700. The Bertz CT molecular complexity index is 304. The van der Waals surface area contributed by atoms with E-state index < -0.39 is 0 Å². The molecule has 1 fully saturated rings. The second kappa shape index (κ2) is 4.00. The molecule has 0 unspecified atom stereocenters. The van der Waals surface area contributed by atoms with Crippen LogP contribution in [-0.4, -0.2) is 29.8 Å². The first-order chi connectivity index (χ1) is 6.81. The number of nitrogens with zero attached hydrogens (tertiary/aromatic N) is 2. The van der Waals surface area contributed by atoms with Gasteiger partial charge in [0, 0.05) is 25.9 Å². The van der Waals surface area contributed by atoms with Crippen molar-refractivity contribution >= 4 is 5.95 Å². The van der Waals surface area contributed by atoms with Gasteiger partial charge < -0.3 is 14.6 Å². The monoisotopic (exact) mass is 195 g/mol. The van der Waals surface area contributed by atoms with Crippen LogP contribution in [0.15, 0.2) is 6.20 Å². The Hall–Kier alpha value is -1.03. The Morgan fingerprint density at radius 2 is 2.43 bits per heavy atom. The van der Waals surface area contributed by atoms with Gasteiger partial charge in [-0.15, -0.1) is 0 Å². The van der Waals surface area contributed by atoms with E-state index in [0.717, 1.165) is 24.8 Å². The molecule has 1 aliphatic rings. The van der Waals surface area contributed by atoms with Crippen LogP contribution >= 0.6 is 0 Å². The molecule has 1 aliphatic carbocycles. The van der Waals surface area contributed by atoms with Crippen molar-refractivity contribution in [2.75, 3.05) is 25.6 Å². The average molecular weight is 195 g/mol. The van der Waals surface area contributed by atoms with Crippen molar-refractivity contribution in [3.63, 3.8) is 0 Å². The lowest BCUT2D eigenvalue weighted by Gasteiger charge is -2.07. The van der Waals surface area contributed by atoms with Gasteiger partial charge in [0.25, 0.3) is 0 Å². The molecule has 78 valence electrons. The summed E-state index contributed by atoms with van der Waals surface area (Å²) in [6.07, 6.45) is 4.69. The largest absolute Gasteiger partial charge is 0.383 e. The molecule has 14 heavy (non-hydrogen) atoms. The normalized spacial score (nSPS) is 15.9. The molecule has 0 aromatic carbocycles. The lowest BCUT2D eigenvalue weighted by molar-refractivity contribution is 0.210. The number of methoxy groups -OCH3 is 1. The summed E-state index contributed by atoms with van der Waals surface area (Å²) >= 11 is 0. The Morgan fingerprint density at radius 3 is 3.07 bits per heavy atom. The van der Waals surface area contributed by atoms with Crippen LogP contribution < -0.4 is 5.32 Å². The van der Waals surface area contributed by atoms with E-state index in [4.69, 9.17) is 4.74 Å². The number of ether oxygens (including phenoxy) is 1. The summed E-state index contributed by atoms with van der Waals surface area (Å²) in [6.45, 7) is 3.57. The topological polar surface area (TPSA) is 39.1 Å². The highest BCUT2D eigenvalue weighted by Gasteiger charge is 2.25. The van der Waals surface area contributed by atoms with Crippen LogP contribution in [0, 0.1) is 6.92 Å². The lowest BCUT2D eigenvalue weighted by atomic mass is 10.5. The van der Waals surface area contributed by atoms with Crippen LogP contribution in [0.1, 0.15) is 24.6 Å². The number of hydrogen-bond donors (Lipinski definition) is 1. The van der Waals surface area contributed by atoms with E-state index in [1.165, 1.54) is 12.8 Å². The van der Waals surface area contributed by atoms with Crippen LogP contribution in [0.3, 0.4) is 0 Å². The van der Waals surface area contributed by atoms with Crippen molar-refractivity contribution in [3.05, 3.63) is 11.9 Å². The molecule has 0 atom stereocenters. The summed E-state index contributed by atoms with van der Waals surface area (Å²) in [7, 11) is 1.71. The van der Waals surface area contributed by atoms with Crippen molar-refractivity contribution in [1.29, 1.82) is 0 Å². The Kier molecular flexibility index (Phi) is 2.72. The predicted octanol–water partition coefficient (Wildman–Crippen LogP) is 1.58. The predicted molar refractivity (Wildman–Crippen MR) is 55.6 cm³/mol. The number of aryl methyl sites for hydroxylation is 1. The van der Waals surface area contributed by atoms with Crippen molar-refractivity contribution in [2.45, 2.75) is 25.8 Å². The average Bonchev–Trinajstić information content (AvgIpc) is 2.92. The van der Waals surface area contributed by atoms with Gasteiger partial charge in [-0.25, -0.2) is 4.98 Å². The van der Waals surface area contributed by atoms with Crippen molar-refractivity contribution < 1.29 is 4.74 Å². The van der Waals surface area contributed by atoms with Gasteiger partial charge in [0.05, 0.1) is 12.3 Å². The van der Waals surface area contributed by atoms with E-state index in [1.54, 1.807) is 7.11 Å². The number of anilines is 1. The van der Waals surface area contributed by atoms with Crippen molar-refractivity contribution in [1.82, 2.24) is 9.55 Å².